The Morgan fingerprint density at radius 3 is 2.52 bits per heavy atom. The molecule has 4 nitrogen and oxygen atoms in total. The van der Waals surface area contributed by atoms with E-state index >= 15 is 0 Å². The van der Waals surface area contributed by atoms with E-state index in [1.54, 1.807) is 37.4 Å². The number of nitrogens with one attached hydrogen (secondary N) is 2. The number of anilines is 2. The fraction of sp³-hybridized carbons (Fsp3) is 0.188. The molecule has 5 heteroatoms. The third kappa shape index (κ3) is 3.51. The number of rotatable bonds is 5. The Balaban J connectivity index is 2.21. The van der Waals surface area contributed by atoms with Gasteiger partial charge in [-0.15, -0.1) is 0 Å². The molecule has 0 aliphatic heterocycles. The molecule has 2 rings (SSSR count). The maximum atomic E-state index is 13.8. The van der Waals surface area contributed by atoms with Crippen molar-refractivity contribution in [1.82, 2.24) is 0 Å². The van der Waals surface area contributed by atoms with E-state index in [1.165, 1.54) is 12.1 Å². The summed E-state index contributed by atoms with van der Waals surface area (Å²) in [5.41, 5.74) is 1.10. The lowest BCUT2D eigenvalue weighted by Gasteiger charge is -2.12. The summed E-state index contributed by atoms with van der Waals surface area (Å²) in [6.45, 7) is 2.38. The van der Waals surface area contributed by atoms with Crippen LogP contribution in [-0.2, 0) is 0 Å². The molecule has 110 valence electrons. The standard InChI is InChI=1S/C16H17FN2O2/c1-3-18-15-13(5-4-6-14(15)17)16(20)19-11-7-9-12(21-2)10-8-11/h4-10,18H,3H2,1-2H3,(H,19,20). The molecular formula is C16H17FN2O2. The summed E-state index contributed by atoms with van der Waals surface area (Å²) in [6.07, 6.45) is 0. The minimum Gasteiger partial charge on any atom is -0.497 e. The summed E-state index contributed by atoms with van der Waals surface area (Å²) in [7, 11) is 1.57. The van der Waals surface area contributed by atoms with Crippen molar-refractivity contribution in [2.45, 2.75) is 6.92 Å². The van der Waals surface area contributed by atoms with Crippen LogP contribution >= 0.6 is 0 Å². The van der Waals surface area contributed by atoms with E-state index in [-0.39, 0.29) is 17.2 Å². The van der Waals surface area contributed by atoms with Crippen molar-refractivity contribution in [3.63, 3.8) is 0 Å². The Kier molecular flexibility index (Phi) is 4.77. The highest BCUT2D eigenvalue weighted by Crippen LogP contribution is 2.22. The number of methoxy groups -OCH3 is 1. The van der Waals surface area contributed by atoms with Gasteiger partial charge in [-0.2, -0.15) is 0 Å². The number of amides is 1. The van der Waals surface area contributed by atoms with Crippen LogP contribution in [0, 0.1) is 5.82 Å². The Labute approximate surface area is 122 Å². The molecular weight excluding hydrogens is 271 g/mol. The van der Waals surface area contributed by atoms with Gasteiger partial charge in [-0.05, 0) is 43.3 Å². The number of benzene rings is 2. The van der Waals surface area contributed by atoms with Crippen molar-refractivity contribution < 1.29 is 13.9 Å². The van der Waals surface area contributed by atoms with E-state index < -0.39 is 5.82 Å². The van der Waals surface area contributed by atoms with Crippen LogP contribution in [0.3, 0.4) is 0 Å². The molecule has 0 spiro atoms. The SMILES string of the molecule is CCNc1c(F)cccc1C(=O)Nc1ccc(OC)cc1. The molecule has 0 heterocycles. The zero-order chi connectivity index (χ0) is 15.2. The number of carbonyl (C=O) groups is 1. The lowest BCUT2D eigenvalue weighted by molar-refractivity contribution is 0.102. The van der Waals surface area contributed by atoms with E-state index in [0.717, 1.165) is 0 Å². The zero-order valence-electron chi connectivity index (χ0n) is 11.9. The van der Waals surface area contributed by atoms with Crippen LogP contribution in [-0.4, -0.2) is 19.6 Å². The summed E-state index contributed by atoms with van der Waals surface area (Å²) >= 11 is 0. The fourth-order valence-electron chi connectivity index (χ4n) is 1.94. The van der Waals surface area contributed by atoms with Gasteiger partial charge in [-0.1, -0.05) is 6.07 Å². The highest BCUT2D eigenvalue weighted by molar-refractivity contribution is 6.08. The molecule has 0 unspecified atom stereocenters. The van der Waals surface area contributed by atoms with Gasteiger partial charge in [0.1, 0.15) is 11.6 Å². The van der Waals surface area contributed by atoms with E-state index in [2.05, 4.69) is 10.6 Å². The highest BCUT2D eigenvalue weighted by Gasteiger charge is 2.14. The first-order valence-electron chi connectivity index (χ1n) is 6.63. The van der Waals surface area contributed by atoms with Crippen LogP contribution in [0.1, 0.15) is 17.3 Å². The molecule has 0 radical (unpaired) electrons. The van der Waals surface area contributed by atoms with Gasteiger partial charge in [0.15, 0.2) is 0 Å². The maximum Gasteiger partial charge on any atom is 0.257 e. The van der Waals surface area contributed by atoms with Gasteiger partial charge >= 0.3 is 0 Å². The molecule has 0 fully saturated rings. The van der Waals surface area contributed by atoms with Gasteiger partial charge in [-0.25, -0.2) is 4.39 Å². The fourth-order valence-corrected chi connectivity index (χ4v) is 1.94. The molecule has 0 saturated heterocycles. The minimum absolute atomic E-state index is 0.214. The monoisotopic (exact) mass is 288 g/mol. The van der Waals surface area contributed by atoms with E-state index in [1.807, 2.05) is 6.92 Å². The summed E-state index contributed by atoms with van der Waals surface area (Å²) in [5, 5.41) is 5.61. The van der Waals surface area contributed by atoms with Crippen molar-refractivity contribution in [3.8, 4) is 5.75 Å². The smallest absolute Gasteiger partial charge is 0.257 e. The van der Waals surface area contributed by atoms with E-state index in [4.69, 9.17) is 4.74 Å². The number of halogens is 1. The Bertz CT molecular complexity index is 627. The topological polar surface area (TPSA) is 50.4 Å². The van der Waals surface area contributed by atoms with Crippen LogP contribution < -0.4 is 15.4 Å². The summed E-state index contributed by atoms with van der Waals surface area (Å²) in [5.74, 6) is -0.109. The van der Waals surface area contributed by atoms with Crippen molar-refractivity contribution in [2.75, 3.05) is 24.3 Å². The second-order valence-corrected chi connectivity index (χ2v) is 4.38. The number of hydrogen-bond acceptors (Lipinski definition) is 3. The molecule has 0 atom stereocenters. The molecule has 2 aromatic carbocycles. The summed E-state index contributed by atoms with van der Waals surface area (Å²) in [4.78, 5) is 12.3. The normalized spacial score (nSPS) is 10.0. The Morgan fingerprint density at radius 1 is 1.19 bits per heavy atom. The molecule has 21 heavy (non-hydrogen) atoms. The first-order valence-corrected chi connectivity index (χ1v) is 6.63. The summed E-state index contributed by atoms with van der Waals surface area (Å²) in [6, 6.07) is 11.4. The molecule has 0 aliphatic carbocycles. The lowest BCUT2D eigenvalue weighted by atomic mass is 10.1. The zero-order valence-corrected chi connectivity index (χ0v) is 11.9. The van der Waals surface area contributed by atoms with Crippen LogP contribution in [0.25, 0.3) is 0 Å². The van der Waals surface area contributed by atoms with Gasteiger partial charge in [0, 0.05) is 12.2 Å². The van der Waals surface area contributed by atoms with Crippen LogP contribution in [0.5, 0.6) is 5.75 Å². The van der Waals surface area contributed by atoms with E-state index in [0.29, 0.717) is 18.0 Å². The Hall–Kier alpha value is -2.56. The second kappa shape index (κ2) is 6.74. The van der Waals surface area contributed by atoms with Crippen LogP contribution in [0.2, 0.25) is 0 Å². The third-order valence-corrected chi connectivity index (χ3v) is 2.96. The average Bonchev–Trinajstić information content (AvgIpc) is 2.50. The Morgan fingerprint density at radius 2 is 1.90 bits per heavy atom. The van der Waals surface area contributed by atoms with Crippen molar-refractivity contribution in [2.24, 2.45) is 0 Å². The largest absolute Gasteiger partial charge is 0.497 e. The number of para-hydroxylation sites is 1. The quantitative estimate of drug-likeness (QED) is 0.885. The van der Waals surface area contributed by atoms with E-state index in [9.17, 15) is 9.18 Å². The van der Waals surface area contributed by atoms with Crippen LogP contribution in [0.4, 0.5) is 15.8 Å². The minimum atomic E-state index is -0.445. The molecule has 0 aliphatic rings. The second-order valence-electron chi connectivity index (χ2n) is 4.38. The number of hydrogen-bond donors (Lipinski definition) is 2. The first kappa shape index (κ1) is 14.8. The molecule has 0 saturated carbocycles. The van der Waals surface area contributed by atoms with Crippen molar-refractivity contribution >= 4 is 17.3 Å². The van der Waals surface area contributed by atoms with Gasteiger partial charge in [0.2, 0.25) is 0 Å². The molecule has 2 N–H and O–H groups in total. The molecule has 2 aromatic rings. The molecule has 0 aromatic heterocycles. The average molecular weight is 288 g/mol. The predicted molar refractivity (Wildman–Crippen MR) is 81.5 cm³/mol. The molecule has 0 bridgehead atoms. The molecule has 1 amide bonds. The van der Waals surface area contributed by atoms with Gasteiger partial charge < -0.3 is 15.4 Å². The third-order valence-electron chi connectivity index (χ3n) is 2.96. The number of ether oxygens (including phenoxy) is 1. The van der Waals surface area contributed by atoms with Crippen LogP contribution in [0.15, 0.2) is 42.5 Å². The number of carbonyl (C=O) groups excluding carboxylic acids is 1. The van der Waals surface area contributed by atoms with Crippen molar-refractivity contribution in [3.05, 3.63) is 53.8 Å². The van der Waals surface area contributed by atoms with Gasteiger partial charge in [0.05, 0.1) is 18.4 Å². The lowest BCUT2D eigenvalue weighted by Crippen LogP contribution is -2.15. The van der Waals surface area contributed by atoms with Gasteiger partial charge in [-0.3, -0.25) is 4.79 Å². The van der Waals surface area contributed by atoms with Crippen molar-refractivity contribution in [1.29, 1.82) is 0 Å². The predicted octanol–water partition coefficient (Wildman–Crippen LogP) is 3.52. The first-order chi connectivity index (χ1) is 10.2. The maximum absolute atomic E-state index is 13.8. The highest BCUT2D eigenvalue weighted by atomic mass is 19.1. The van der Waals surface area contributed by atoms with Gasteiger partial charge in [0.25, 0.3) is 5.91 Å². The summed E-state index contributed by atoms with van der Waals surface area (Å²) < 4.78 is 18.8.